The molecule has 3 rings (SSSR count). The molecule has 0 fully saturated rings. The Morgan fingerprint density at radius 1 is 1.29 bits per heavy atom. The molecule has 0 aliphatic heterocycles. The number of benzene rings is 1. The van der Waals surface area contributed by atoms with Crippen LogP contribution in [0.2, 0.25) is 0 Å². The van der Waals surface area contributed by atoms with E-state index in [4.69, 9.17) is 10.7 Å². The number of nitrogens with zero attached hydrogens (tertiary/aromatic N) is 4. The fraction of sp³-hybridized carbons (Fsp3) is 0.400. The number of aromatic nitrogens is 4. The number of rotatable bonds is 2. The van der Waals surface area contributed by atoms with Gasteiger partial charge in [-0.3, -0.25) is 0 Å². The Morgan fingerprint density at radius 3 is 2.71 bits per heavy atom. The quantitative estimate of drug-likeness (QED) is 0.790. The van der Waals surface area contributed by atoms with Crippen molar-refractivity contribution in [2.75, 3.05) is 0 Å². The van der Waals surface area contributed by atoms with Crippen molar-refractivity contribution >= 4 is 22.6 Å². The maximum atomic E-state index is 5.82. The first kappa shape index (κ1) is 14.2. The van der Waals surface area contributed by atoms with Crippen LogP contribution in [0.1, 0.15) is 32.0 Å². The van der Waals surface area contributed by atoms with Crippen molar-refractivity contribution in [3.05, 3.63) is 29.5 Å². The van der Waals surface area contributed by atoms with E-state index >= 15 is 0 Å². The Bertz CT molecular complexity index is 794. The lowest BCUT2D eigenvalue weighted by Crippen LogP contribution is -2.13. The molecular formula is C15H19N5S. The zero-order valence-electron chi connectivity index (χ0n) is 12.7. The molecule has 5 nitrogen and oxygen atoms in total. The summed E-state index contributed by atoms with van der Waals surface area (Å²) < 4.78 is 6.23. The van der Waals surface area contributed by atoms with Gasteiger partial charge >= 0.3 is 0 Å². The Kier molecular flexibility index (Phi) is 3.30. The van der Waals surface area contributed by atoms with Gasteiger partial charge in [-0.25, -0.2) is 4.98 Å². The summed E-state index contributed by atoms with van der Waals surface area (Å²) in [6.45, 7) is 6.91. The predicted octanol–water partition coefficient (Wildman–Crippen LogP) is 2.85. The van der Waals surface area contributed by atoms with Crippen molar-refractivity contribution in [2.45, 2.75) is 32.7 Å². The lowest BCUT2D eigenvalue weighted by molar-refractivity contribution is 0.567. The standard InChI is InChI=1S/C15H19N5S/c1-15(2,3)13-12(21-19-18-13)14-17-11-9(8-16)6-5-7-10(11)20(14)4/h5-7H,8,16H2,1-4H3. The molecule has 0 atom stereocenters. The second-order valence-corrected chi connectivity index (χ2v) is 6.94. The monoisotopic (exact) mass is 301 g/mol. The third-order valence-corrected chi connectivity index (χ3v) is 4.34. The zero-order valence-corrected chi connectivity index (χ0v) is 13.5. The van der Waals surface area contributed by atoms with Gasteiger partial charge in [0.25, 0.3) is 0 Å². The molecule has 6 heteroatoms. The summed E-state index contributed by atoms with van der Waals surface area (Å²) in [5.74, 6) is 0.908. The van der Waals surface area contributed by atoms with Crippen molar-refractivity contribution in [2.24, 2.45) is 12.8 Å². The van der Waals surface area contributed by atoms with Crippen molar-refractivity contribution in [3.63, 3.8) is 0 Å². The summed E-state index contributed by atoms with van der Waals surface area (Å²) in [6, 6.07) is 6.11. The third kappa shape index (κ3) is 2.24. The predicted molar refractivity (Wildman–Crippen MR) is 86.2 cm³/mol. The van der Waals surface area contributed by atoms with E-state index in [1.807, 2.05) is 19.2 Å². The van der Waals surface area contributed by atoms with Crippen LogP contribution < -0.4 is 5.73 Å². The molecule has 0 aliphatic carbocycles. The van der Waals surface area contributed by atoms with Gasteiger partial charge in [-0.2, -0.15) is 0 Å². The van der Waals surface area contributed by atoms with Crippen LogP contribution in [0.15, 0.2) is 18.2 Å². The maximum Gasteiger partial charge on any atom is 0.154 e. The van der Waals surface area contributed by atoms with E-state index < -0.39 is 0 Å². The van der Waals surface area contributed by atoms with Gasteiger partial charge in [-0.15, -0.1) is 5.10 Å². The van der Waals surface area contributed by atoms with Crippen LogP contribution in [-0.2, 0) is 19.0 Å². The summed E-state index contributed by atoms with van der Waals surface area (Å²) in [6.07, 6.45) is 0. The van der Waals surface area contributed by atoms with Crippen LogP contribution in [0.25, 0.3) is 21.7 Å². The van der Waals surface area contributed by atoms with E-state index in [2.05, 4.69) is 41.0 Å². The highest BCUT2D eigenvalue weighted by Gasteiger charge is 2.26. The number of nitrogens with two attached hydrogens (primary N) is 1. The van der Waals surface area contributed by atoms with Gasteiger partial charge in [0.15, 0.2) is 5.82 Å². The number of hydrogen-bond acceptors (Lipinski definition) is 5. The fourth-order valence-corrected chi connectivity index (χ4v) is 3.37. The van der Waals surface area contributed by atoms with Crippen LogP contribution in [0.3, 0.4) is 0 Å². The molecule has 0 saturated carbocycles. The first-order valence-electron chi connectivity index (χ1n) is 6.91. The van der Waals surface area contributed by atoms with Crippen LogP contribution in [-0.4, -0.2) is 19.1 Å². The van der Waals surface area contributed by atoms with Crippen molar-refractivity contribution in [1.29, 1.82) is 0 Å². The number of hydrogen-bond donors (Lipinski definition) is 1. The minimum atomic E-state index is -0.0584. The van der Waals surface area contributed by atoms with E-state index in [1.54, 1.807) is 0 Å². The average Bonchev–Trinajstić information content (AvgIpc) is 3.03. The molecule has 2 N–H and O–H groups in total. The van der Waals surface area contributed by atoms with Gasteiger partial charge in [-0.1, -0.05) is 37.4 Å². The summed E-state index contributed by atoms with van der Waals surface area (Å²) >= 11 is 1.40. The van der Waals surface area contributed by atoms with E-state index in [0.29, 0.717) is 6.54 Å². The van der Waals surface area contributed by atoms with Crippen LogP contribution >= 0.6 is 11.5 Å². The van der Waals surface area contributed by atoms with Crippen LogP contribution in [0.4, 0.5) is 0 Å². The Labute approximate surface area is 128 Å². The number of aryl methyl sites for hydroxylation is 1. The summed E-state index contributed by atoms with van der Waals surface area (Å²) in [5.41, 5.74) is 9.86. The smallest absolute Gasteiger partial charge is 0.154 e. The SMILES string of the molecule is Cn1c(-c2snnc2C(C)(C)C)nc2c(CN)cccc21. The molecule has 0 spiro atoms. The van der Waals surface area contributed by atoms with E-state index in [0.717, 1.165) is 33.0 Å². The average molecular weight is 301 g/mol. The second kappa shape index (κ2) is 4.89. The Morgan fingerprint density at radius 2 is 2.05 bits per heavy atom. The molecular weight excluding hydrogens is 282 g/mol. The molecule has 21 heavy (non-hydrogen) atoms. The second-order valence-electron chi connectivity index (χ2n) is 6.18. The highest BCUT2D eigenvalue weighted by molar-refractivity contribution is 7.09. The Hall–Kier alpha value is -1.79. The van der Waals surface area contributed by atoms with Gasteiger partial charge in [0.05, 0.1) is 16.7 Å². The summed E-state index contributed by atoms with van der Waals surface area (Å²) in [4.78, 5) is 5.84. The third-order valence-electron chi connectivity index (χ3n) is 3.62. The molecule has 0 bridgehead atoms. The first-order chi connectivity index (χ1) is 9.93. The van der Waals surface area contributed by atoms with Gasteiger partial charge in [0, 0.05) is 19.0 Å². The number of fused-ring (bicyclic) bond motifs is 1. The lowest BCUT2D eigenvalue weighted by Gasteiger charge is -2.16. The Balaban J connectivity index is 2.27. The molecule has 2 aromatic heterocycles. The highest BCUT2D eigenvalue weighted by Crippen LogP contribution is 2.35. The highest BCUT2D eigenvalue weighted by atomic mass is 32.1. The molecule has 1 aromatic carbocycles. The van der Waals surface area contributed by atoms with E-state index in [-0.39, 0.29) is 5.41 Å². The van der Waals surface area contributed by atoms with Gasteiger partial charge in [-0.05, 0) is 23.2 Å². The topological polar surface area (TPSA) is 69.6 Å². The molecule has 110 valence electrons. The van der Waals surface area contributed by atoms with Gasteiger partial charge < -0.3 is 10.3 Å². The van der Waals surface area contributed by atoms with Crippen molar-refractivity contribution < 1.29 is 0 Å². The molecule has 0 unspecified atom stereocenters. The lowest BCUT2D eigenvalue weighted by atomic mass is 9.91. The zero-order chi connectivity index (χ0) is 15.2. The molecule has 0 saturated heterocycles. The maximum absolute atomic E-state index is 5.82. The molecule has 2 heterocycles. The molecule has 0 amide bonds. The van der Waals surface area contributed by atoms with Crippen LogP contribution in [0.5, 0.6) is 0 Å². The fourth-order valence-electron chi connectivity index (χ4n) is 2.47. The van der Waals surface area contributed by atoms with Gasteiger partial charge in [0.1, 0.15) is 4.88 Å². The van der Waals surface area contributed by atoms with E-state index in [1.165, 1.54) is 11.5 Å². The first-order valence-corrected chi connectivity index (χ1v) is 7.68. The van der Waals surface area contributed by atoms with Gasteiger partial charge in [0.2, 0.25) is 0 Å². The molecule has 0 radical (unpaired) electrons. The summed E-state index contributed by atoms with van der Waals surface area (Å²) in [5, 5.41) is 4.31. The minimum absolute atomic E-state index is 0.0584. The minimum Gasteiger partial charge on any atom is -0.326 e. The van der Waals surface area contributed by atoms with E-state index in [9.17, 15) is 0 Å². The normalized spacial score (nSPS) is 12.2. The molecule has 3 aromatic rings. The number of imidazole rings is 1. The molecule has 0 aliphatic rings. The largest absolute Gasteiger partial charge is 0.326 e. The van der Waals surface area contributed by atoms with Crippen LogP contribution in [0, 0.1) is 0 Å². The number of para-hydroxylation sites is 1. The van der Waals surface area contributed by atoms with Crippen molar-refractivity contribution in [1.82, 2.24) is 19.1 Å². The van der Waals surface area contributed by atoms with Crippen molar-refractivity contribution in [3.8, 4) is 10.7 Å². The summed E-state index contributed by atoms with van der Waals surface area (Å²) in [7, 11) is 2.02.